The molecule has 0 bridgehead atoms. The molecule has 2 rings (SSSR count). The molecule has 0 fully saturated rings. The number of benzene rings is 1. The molecule has 0 unspecified atom stereocenters. The number of amides is 1. The smallest absolute Gasteiger partial charge is 0.414 e. The average molecular weight is 344 g/mol. The van der Waals surface area contributed by atoms with E-state index in [9.17, 15) is 15.0 Å². The number of alkyl halides is 1. The molecule has 1 heterocycles. The van der Waals surface area contributed by atoms with E-state index in [2.05, 4.69) is 0 Å². The maximum absolute atomic E-state index is 12.5. The van der Waals surface area contributed by atoms with Crippen LogP contribution < -0.4 is 9.64 Å². The summed E-state index contributed by atoms with van der Waals surface area (Å²) in [4.78, 5) is 13.8. The summed E-state index contributed by atoms with van der Waals surface area (Å²) in [7, 11) is 1.41. The van der Waals surface area contributed by atoms with Crippen molar-refractivity contribution >= 4 is 23.4 Å². The Morgan fingerprint density at radius 1 is 1.35 bits per heavy atom. The fourth-order valence-corrected chi connectivity index (χ4v) is 3.00. The third kappa shape index (κ3) is 3.00. The SMILES string of the molecule is COc1c(C)c(O)c2c(c1O)[C@H](CCl)CN2C(=O)OC(C)(C)C. The minimum atomic E-state index is -0.671. The summed E-state index contributed by atoms with van der Waals surface area (Å²) in [5.74, 6) is -0.171. The second-order valence-corrected chi connectivity index (χ2v) is 6.87. The van der Waals surface area contributed by atoms with Crippen LogP contribution in [0, 0.1) is 6.92 Å². The molecule has 0 saturated heterocycles. The lowest BCUT2D eigenvalue weighted by molar-refractivity contribution is 0.0581. The second-order valence-electron chi connectivity index (χ2n) is 6.56. The minimum absolute atomic E-state index is 0.102. The van der Waals surface area contributed by atoms with Gasteiger partial charge in [0.25, 0.3) is 0 Å². The topological polar surface area (TPSA) is 79.2 Å². The van der Waals surface area contributed by atoms with Crippen LogP contribution in [0.25, 0.3) is 0 Å². The van der Waals surface area contributed by atoms with Gasteiger partial charge >= 0.3 is 6.09 Å². The number of methoxy groups -OCH3 is 1. The van der Waals surface area contributed by atoms with E-state index in [4.69, 9.17) is 21.1 Å². The fraction of sp³-hybridized carbons (Fsp3) is 0.562. The molecule has 1 aliphatic rings. The standard InChI is InChI=1S/C16H22ClNO5/c1-8-12(19)11-10(13(20)14(8)22-5)9(6-17)7-18(11)15(21)23-16(2,3)4/h9,19-20H,6-7H2,1-5H3/t9-/m1/s1. The maximum atomic E-state index is 12.5. The molecule has 128 valence electrons. The van der Waals surface area contributed by atoms with E-state index in [1.807, 2.05) is 0 Å². The molecule has 7 heteroatoms. The third-order valence-corrected chi connectivity index (χ3v) is 4.10. The molecule has 0 spiro atoms. The number of rotatable bonds is 2. The van der Waals surface area contributed by atoms with Crippen LogP contribution in [0.5, 0.6) is 17.2 Å². The Morgan fingerprint density at radius 3 is 2.43 bits per heavy atom. The summed E-state index contributed by atoms with van der Waals surface area (Å²) < 4.78 is 10.5. The van der Waals surface area contributed by atoms with Crippen molar-refractivity contribution in [3.63, 3.8) is 0 Å². The van der Waals surface area contributed by atoms with Crippen LogP contribution in [0.3, 0.4) is 0 Å². The van der Waals surface area contributed by atoms with E-state index in [0.717, 1.165) is 0 Å². The molecule has 0 aliphatic carbocycles. The Morgan fingerprint density at radius 2 is 1.96 bits per heavy atom. The summed E-state index contributed by atoms with van der Waals surface area (Å²) >= 11 is 5.99. The monoisotopic (exact) mass is 343 g/mol. The normalized spacial score (nSPS) is 17.1. The first-order valence-electron chi connectivity index (χ1n) is 7.31. The van der Waals surface area contributed by atoms with Crippen molar-refractivity contribution in [3.05, 3.63) is 11.1 Å². The number of anilines is 1. The lowest BCUT2D eigenvalue weighted by atomic mass is 9.98. The van der Waals surface area contributed by atoms with Crippen molar-refractivity contribution in [1.29, 1.82) is 0 Å². The molecule has 1 aromatic rings. The number of aromatic hydroxyl groups is 2. The highest BCUT2D eigenvalue weighted by Gasteiger charge is 2.41. The Hall–Kier alpha value is -1.82. The van der Waals surface area contributed by atoms with Gasteiger partial charge in [-0.2, -0.15) is 0 Å². The first kappa shape index (κ1) is 17.5. The number of carbonyl (C=O) groups excluding carboxylic acids is 1. The summed E-state index contributed by atoms with van der Waals surface area (Å²) in [5.41, 5.74) is 0.328. The zero-order valence-corrected chi connectivity index (χ0v) is 14.7. The Bertz CT molecular complexity index is 639. The van der Waals surface area contributed by atoms with Crippen molar-refractivity contribution in [2.75, 3.05) is 24.4 Å². The zero-order valence-electron chi connectivity index (χ0n) is 13.9. The number of nitrogens with zero attached hydrogens (tertiary/aromatic N) is 1. The Labute approximate surface area is 140 Å². The number of halogens is 1. The number of phenolic OH excluding ortho intramolecular Hbond substituents is 2. The number of ether oxygens (including phenoxy) is 2. The quantitative estimate of drug-likeness (QED) is 0.634. The van der Waals surface area contributed by atoms with Crippen LogP contribution >= 0.6 is 11.6 Å². The van der Waals surface area contributed by atoms with Gasteiger partial charge < -0.3 is 19.7 Å². The van der Waals surface area contributed by atoms with Gasteiger partial charge in [0.1, 0.15) is 11.4 Å². The van der Waals surface area contributed by atoms with E-state index >= 15 is 0 Å². The molecule has 6 nitrogen and oxygen atoms in total. The van der Waals surface area contributed by atoms with E-state index < -0.39 is 11.7 Å². The van der Waals surface area contributed by atoms with Crippen molar-refractivity contribution in [3.8, 4) is 17.2 Å². The molecular weight excluding hydrogens is 322 g/mol. The highest BCUT2D eigenvalue weighted by molar-refractivity contribution is 6.18. The van der Waals surface area contributed by atoms with Crippen molar-refractivity contribution in [1.82, 2.24) is 0 Å². The molecule has 0 radical (unpaired) electrons. The fourth-order valence-electron chi connectivity index (χ4n) is 2.75. The van der Waals surface area contributed by atoms with Crippen molar-refractivity contribution in [2.24, 2.45) is 0 Å². The van der Waals surface area contributed by atoms with Gasteiger partial charge in [-0.1, -0.05) is 0 Å². The molecule has 1 aromatic carbocycles. The Kier molecular flexibility index (Phi) is 4.57. The van der Waals surface area contributed by atoms with E-state index in [0.29, 0.717) is 11.1 Å². The first-order chi connectivity index (χ1) is 10.6. The highest BCUT2D eigenvalue weighted by atomic mass is 35.5. The van der Waals surface area contributed by atoms with Gasteiger partial charge in [-0.05, 0) is 27.7 Å². The molecular formula is C16H22ClNO5. The number of carbonyl (C=O) groups is 1. The summed E-state index contributed by atoms with van der Waals surface area (Å²) in [6.45, 7) is 7.11. The number of phenols is 2. The van der Waals surface area contributed by atoms with Gasteiger partial charge in [-0.3, -0.25) is 4.90 Å². The largest absolute Gasteiger partial charge is 0.505 e. The first-order valence-corrected chi connectivity index (χ1v) is 7.84. The Balaban J connectivity index is 2.59. The van der Waals surface area contributed by atoms with Crippen LogP contribution in [-0.2, 0) is 4.74 Å². The predicted octanol–water partition coefficient (Wildman–Crippen LogP) is 3.49. The molecule has 1 aliphatic heterocycles. The third-order valence-electron chi connectivity index (χ3n) is 3.73. The van der Waals surface area contributed by atoms with Crippen LogP contribution in [0.15, 0.2) is 0 Å². The summed E-state index contributed by atoms with van der Waals surface area (Å²) in [5, 5.41) is 21.0. The average Bonchev–Trinajstić information content (AvgIpc) is 2.83. The van der Waals surface area contributed by atoms with Crippen LogP contribution in [0.2, 0.25) is 0 Å². The minimum Gasteiger partial charge on any atom is -0.505 e. The predicted molar refractivity (Wildman–Crippen MR) is 88.1 cm³/mol. The van der Waals surface area contributed by atoms with Gasteiger partial charge in [0.15, 0.2) is 11.5 Å². The lowest BCUT2D eigenvalue weighted by Crippen LogP contribution is -2.36. The van der Waals surface area contributed by atoms with Gasteiger partial charge in [0.05, 0.1) is 12.8 Å². The summed E-state index contributed by atoms with van der Waals surface area (Å²) in [6.07, 6.45) is -0.592. The molecule has 0 aromatic heterocycles. The van der Waals surface area contributed by atoms with Crippen molar-refractivity contribution < 1.29 is 24.5 Å². The van der Waals surface area contributed by atoms with Gasteiger partial charge in [-0.25, -0.2) is 4.79 Å². The van der Waals surface area contributed by atoms with Crippen molar-refractivity contribution in [2.45, 2.75) is 39.2 Å². The lowest BCUT2D eigenvalue weighted by Gasteiger charge is -2.25. The molecule has 1 atom stereocenters. The number of hydrogen-bond donors (Lipinski definition) is 2. The van der Waals surface area contributed by atoms with Gasteiger partial charge in [0, 0.05) is 29.5 Å². The van der Waals surface area contributed by atoms with E-state index in [1.54, 1.807) is 27.7 Å². The zero-order chi connectivity index (χ0) is 17.5. The van der Waals surface area contributed by atoms with Crippen LogP contribution in [0.4, 0.5) is 10.5 Å². The number of fused-ring (bicyclic) bond motifs is 1. The molecule has 2 N–H and O–H groups in total. The highest BCUT2D eigenvalue weighted by Crippen LogP contribution is 2.54. The van der Waals surface area contributed by atoms with E-state index in [-0.39, 0.29) is 41.3 Å². The van der Waals surface area contributed by atoms with Gasteiger partial charge in [-0.15, -0.1) is 11.6 Å². The maximum Gasteiger partial charge on any atom is 0.414 e. The van der Waals surface area contributed by atoms with Gasteiger partial charge in [0.2, 0.25) is 0 Å². The molecule has 1 amide bonds. The second kappa shape index (κ2) is 6.00. The number of hydrogen-bond acceptors (Lipinski definition) is 5. The van der Waals surface area contributed by atoms with E-state index in [1.165, 1.54) is 12.0 Å². The summed E-state index contributed by atoms with van der Waals surface area (Å²) in [6, 6.07) is 0. The molecule has 0 saturated carbocycles. The van der Waals surface area contributed by atoms with Crippen LogP contribution in [0.1, 0.15) is 37.8 Å². The molecule has 23 heavy (non-hydrogen) atoms. The van der Waals surface area contributed by atoms with Crippen LogP contribution in [-0.4, -0.2) is 41.4 Å².